The molecule has 1 heterocycles. The van der Waals surface area contributed by atoms with Crippen molar-refractivity contribution in [1.29, 1.82) is 0 Å². The lowest BCUT2D eigenvalue weighted by Gasteiger charge is -2.18. The molecule has 0 unspecified atom stereocenters. The van der Waals surface area contributed by atoms with Gasteiger partial charge in [0.15, 0.2) is 0 Å². The van der Waals surface area contributed by atoms with Crippen LogP contribution in [0.4, 0.5) is 9.18 Å². The zero-order valence-corrected chi connectivity index (χ0v) is 9.90. The van der Waals surface area contributed by atoms with E-state index in [1.54, 1.807) is 20.8 Å². The molecule has 0 bridgehead atoms. The number of pyridine rings is 1. The summed E-state index contributed by atoms with van der Waals surface area (Å²) in [7, 11) is 0. The van der Waals surface area contributed by atoms with Crippen molar-refractivity contribution in [2.45, 2.75) is 26.4 Å². The van der Waals surface area contributed by atoms with Crippen LogP contribution < -0.4 is 5.43 Å². The zero-order valence-electron chi connectivity index (χ0n) is 9.90. The van der Waals surface area contributed by atoms with Crippen LogP contribution in [0, 0.1) is 5.82 Å². The van der Waals surface area contributed by atoms with E-state index in [0.29, 0.717) is 5.56 Å². The number of nitrogens with one attached hydrogen (secondary N) is 1. The average Bonchev–Trinajstić information content (AvgIpc) is 2.14. The molecule has 5 nitrogen and oxygen atoms in total. The third kappa shape index (κ3) is 5.60. The van der Waals surface area contributed by atoms with Gasteiger partial charge < -0.3 is 4.74 Å². The normalized spacial score (nSPS) is 11.5. The first kappa shape index (κ1) is 13.1. The van der Waals surface area contributed by atoms with E-state index in [2.05, 4.69) is 15.5 Å². The molecule has 0 aromatic carbocycles. The van der Waals surface area contributed by atoms with Crippen LogP contribution in [0.5, 0.6) is 0 Å². The summed E-state index contributed by atoms with van der Waals surface area (Å²) in [6.45, 7) is 5.23. The number of ether oxygens (including phenoxy) is 1. The number of hydrogen-bond donors (Lipinski definition) is 1. The summed E-state index contributed by atoms with van der Waals surface area (Å²) in [5.41, 5.74) is 2.03. The predicted octanol–water partition coefficient (Wildman–Crippen LogP) is 2.08. The minimum absolute atomic E-state index is 0.445. The van der Waals surface area contributed by atoms with E-state index < -0.39 is 17.5 Å². The first-order valence-corrected chi connectivity index (χ1v) is 4.99. The van der Waals surface area contributed by atoms with E-state index in [9.17, 15) is 9.18 Å². The first-order chi connectivity index (χ1) is 7.87. The molecule has 6 heteroatoms. The molecule has 0 saturated carbocycles. The van der Waals surface area contributed by atoms with Gasteiger partial charge in [-0.05, 0) is 26.8 Å². The fourth-order valence-electron chi connectivity index (χ4n) is 0.959. The molecule has 1 rings (SSSR count). The molecule has 0 spiro atoms. The molecule has 0 aliphatic rings. The maximum atomic E-state index is 12.7. The summed E-state index contributed by atoms with van der Waals surface area (Å²) in [5.74, 6) is -0.466. The zero-order chi connectivity index (χ0) is 12.9. The van der Waals surface area contributed by atoms with Crippen LogP contribution in [0.25, 0.3) is 0 Å². The van der Waals surface area contributed by atoms with Crippen LogP contribution in [0.1, 0.15) is 26.3 Å². The number of hydrogen-bond acceptors (Lipinski definition) is 4. The lowest BCUT2D eigenvalue weighted by atomic mass is 10.2. The molecule has 0 radical (unpaired) electrons. The van der Waals surface area contributed by atoms with Crippen molar-refractivity contribution in [1.82, 2.24) is 10.4 Å². The quantitative estimate of drug-likeness (QED) is 0.634. The monoisotopic (exact) mass is 239 g/mol. The number of amides is 1. The van der Waals surface area contributed by atoms with Gasteiger partial charge >= 0.3 is 6.09 Å². The highest BCUT2D eigenvalue weighted by molar-refractivity contribution is 5.80. The van der Waals surface area contributed by atoms with Crippen molar-refractivity contribution in [3.8, 4) is 0 Å². The van der Waals surface area contributed by atoms with E-state index >= 15 is 0 Å². The van der Waals surface area contributed by atoms with Gasteiger partial charge in [-0.25, -0.2) is 14.6 Å². The molecule has 1 aromatic heterocycles. The maximum Gasteiger partial charge on any atom is 0.428 e. The van der Waals surface area contributed by atoms with E-state index in [1.165, 1.54) is 18.5 Å². The number of hydrazone groups is 1. The lowest BCUT2D eigenvalue weighted by molar-refractivity contribution is 0.0529. The highest BCUT2D eigenvalue weighted by Gasteiger charge is 2.15. The Bertz CT molecular complexity index is 427. The Morgan fingerprint density at radius 3 is 2.82 bits per heavy atom. The standard InChI is InChI=1S/C11H14FN3O2/c1-11(2,3)17-10(16)15-14-6-8-4-9(12)7-13-5-8/h4-7H,1-3H3,(H,15,16). The van der Waals surface area contributed by atoms with Crippen molar-refractivity contribution >= 4 is 12.3 Å². The Morgan fingerprint density at radius 1 is 1.53 bits per heavy atom. The molecular formula is C11H14FN3O2. The smallest absolute Gasteiger partial charge is 0.428 e. The molecule has 0 saturated heterocycles. The predicted molar refractivity (Wildman–Crippen MR) is 61.2 cm³/mol. The summed E-state index contributed by atoms with van der Waals surface area (Å²) in [5, 5.41) is 3.61. The Kier molecular flexibility index (Phi) is 4.14. The SMILES string of the molecule is CC(C)(C)OC(=O)NN=Cc1cncc(F)c1. The minimum Gasteiger partial charge on any atom is -0.443 e. The molecule has 0 aliphatic heterocycles. The number of carbonyl (C=O) groups is 1. The van der Waals surface area contributed by atoms with Crippen molar-refractivity contribution in [2.75, 3.05) is 0 Å². The highest BCUT2D eigenvalue weighted by Crippen LogP contribution is 2.06. The minimum atomic E-state index is -0.668. The number of aromatic nitrogens is 1. The van der Waals surface area contributed by atoms with E-state index in [0.717, 1.165) is 6.20 Å². The molecule has 0 fully saturated rings. The van der Waals surface area contributed by atoms with Gasteiger partial charge in [-0.15, -0.1) is 0 Å². The van der Waals surface area contributed by atoms with E-state index in [1.807, 2.05) is 0 Å². The summed E-state index contributed by atoms with van der Waals surface area (Å²) >= 11 is 0. The van der Waals surface area contributed by atoms with Crippen molar-refractivity contribution in [3.63, 3.8) is 0 Å². The van der Waals surface area contributed by atoms with Gasteiger partial charge in [-0.1, -0.05) is 0 Å². The molecular weight excluding hydrogens is 225 g/mol. The Balaban J connectivity index is 2.48. The highest BCUT2D eigenvalue weighted by atomic mass is 19.1. The van der Waals surface area contributed by atoms with Crippen LogP contribution >= 0.6 is 0 Å². The van der Waals surface area contributed by atoms with Gasteiger partial charge in [0.1, 0.15) is 11.4 Å². The third-order valence-electron chi connectivity index (χ3n) is 1.49. The molecule has 1 amide bonds. The number of rotatable bonds is 2. The van der Waals surface area contributed by atoms with Crippen molar-refractivity contribution in [2.24, 2.45) is 5.10 Å². The second kappa shape index (κ2) is 5.38. The molecule has 0 atom stereocenters. The number of carbonyl (C=O) groups excluding carboxylic acids is 1. The third-order valence-corrected chi connectivity index (χ3v) is 1.49. The average molecular weight is 239 g/mol. The van der Waals surface area contributed by atoms with Gasteiger partial charge in [0, 0.05) is 11.8 Å². The van der Waals surface area contributed by atoms with Crippen molar-refractivity contribution in [3.05, 3.63) is 29.8 Å². The van der Waals surface area contributed by atoms with Crippen LogP contribution in [0.15, 0.2) is 23.6 Å². The number of nitrogens with zero attached hydrogens (tertiary/aromatic N) is 2. The fraction of sp³-hybridized carbons (Fsp3) is 0.364. The summed E-state index contributed by atoms with van der Waals surface area (Å²) in [4.78, 5) is 14.8. The molecule has 1 aromatic rings. The van der Waals surface area contributed by atoms with E-state index in [-0.39, 0.29) is 0 Å². The van der Waals surface area contributed by atoms with Crippen LogP contribution in [0.3, 0.4) is 0 Å². The Morgan fingerprint density at radius 2 is 2.24 bits per heavy atom. The second-order valence-corrected chi connectivity index (χ2v) is 4.31. The second-order valence-electron chi connectivity index (χ2n) is 4.31. The van der Waals surface area contributed by atoms with Gasteiger partial charge in [-0.2, -0.15) is 5.10 Å². The van der Waals surface area contributed by atoms with Crippen LogP contribution in [0.2, 0.25) is 0 Å². The summed E-state index contributed by atoms with van der Waals surface area (Å²) < 4.78 is 17.7. The van der Waals surface area contributed by atoms with E-state index in [4.69, 9.17) is 4.74 Å². The van der Waals surface area contributed by atoms with Gasteiger partial charge in [0.25, 0.3) is 0 Å². The van der Waals surface area contributed by atoms with Gasteiger partial charge in [0.05, 0.1) is 12.4 Å². The lowest BCUT2D eigenvalue weighted by Crippen LogP contribution is -2.29. The maximum absolute atomic E-state index is 12.7. The first-order valence-electron chi connectivity index (χ1n) is 4.99. The van der Waals surface area contributed by atoms with Crippen molar-refractivity contribution < 1.29 is 13.9 Å². The van der Waals surface area contributed by atoms with Gasteiger partial charge in [0.2, 0.25) is 0 Å². The fourth-order valence-corrected chi connectivity index (χ4v) is 0.959. The summed E-state index contributed by atoms with van der Waals surface area (Å²) in [6, 6.07) is 1.24. The number of halogens is 1. The Labute approximate surface area is 98.7 Å². The Hall–Kier alpha value is -1.98. The van der Waals surface area contributed by atoms with Gasteiger partial charge in [-0.3, -0.25) is 4.98 Å². The summed E-state index contributed by atoms with van der Waals surface area (Å²) in [6.07, 6.45) is 3.11. The van der Waals surface area contributed by atoms with Crippen LogP contribution in [-0.2, 0) is 4.74 Å². The largest absolute Gasteiger partial charge is 0.443 e. The molecule has 92 valence electrons. The topological polar surface area (TPSA) is 63.6 Å². The van der Waals surface area contributed by atoms with Crippen LogP contribution in [-0.4, -0.2) is 22.9 Å². The molecule has 17 heavy (non-hydrogen) atoms. The molecule has 0 aliphatic carbocycles. The molecule has 1 N–H and O–H groups in total.